The maximum absolute atomic E-state index is 13.0. The number of ketones is 2. The van der Waals surface area contributed by atoms with E-state index in [0.29, 0.717) is 38.9 Å². The van der Waals surface area contributed by atoms with Gasteiger partial charge in [-0.05, 0) is 92.6 Å². The summed E-state index contributed by atoms with van der Waals surface area (Å²) in [5.74, 6) is -0.192. The lowest BCUT2D eigenvalue weighted by Gasteiger charge is -2.14. The fourth-order valence-electron chi connectivity index (χ4n) is 6.74. The SMILES string of the molecule is Cc1ccc(S(=O)(=O)OCCOCc2ccccc2Nc2ccc(C(=O)c3ccccc3C)c(Cl)c2)cc1.Cc1ccccc1C(=O)c1ccc(Nc2ccccc2COCCI)cc1Cl. The summed E-state index contributed by atoms with van der Waals surface area (Å²) in [6, 6.07) is 47.7. The van der Waals surface area contributed by atoms with Gasteiger partial charge in [-0.25, -0.2) is 0 Å². The number of para-hydroxylation sites is 2. The van der Waals surface area contributed by atoms with Gasteiger partial charge < -0.3 is 20.1 Å². The van der Waals surface area contributed by atoms with E-state index in [4.69, 9.17) is 36.9 Å². The van der Waals surface area contributed by atoms with E-state index < -0.39 is 10.1 Å². The number of rotatable bonds is 19. The number of anilines is 4. The first kappa shape index (κ1) is 50.0. The predicted octanol–water partition coefficient (Wildman–Crippen LogP) is 13.4. The Kier molecular flexibility index (Phi) is 18.5. The predicted molar refractivity (Wildman–Crippen MR) is 274 cm³/mol. The van der Waals surface area contributed by atoms with Gasteiger partial charge in [0, 0.05) is 60.6 Å². The summed E-state index contributed by atoms with van der Waals surface area (Å²) in [5.41, 5.74) is 10.3. The van der Waals surface area contributed by atoms with E-state index in [2.05, 4.69) is 33.2 Å². The largest absolute Gasteiger partial charge is 0.376 e. The van der Waals surface area contributed by atoms with Crippen molar-refractivity contribution >= 4 is 90.2 Å². The van der Waals surface area contributed by atoms with Crippen molar-refractivity contribution < 1.29 is 31.7 Å². The van der Waals surface area contributed by atoms with Crippen molar-refractivity contribution in [3.63, 3.8) is 0 Å². The summed E-state index contributed by atoms with van der Waals surface area (Å²) in [6.07, 6.45) is 0. The van der Waals surface area contributed by atoms with Crippen LogP contribution in [0, 0.1) is 20.8 Å². The number of hydrogen-bond acceptors (Lipinski definition) is 9. The molecule has 0 aliphatic heterocycles. The minimum atomic E-state index is -3.83. The van der Waals surface area contributed by atoms with Crippen LogP contribution in [0.2, 0.25) is 10.0 Å². The van der Waals surface area contributed by atoms with Crippen LogP contribution in [-0.4, -0.2) is 44.2 Å². The first-order valence-corrected chi connectivity index (χ1v) is 24.7. The molecule has 340 valence electrons. The van der Waals surface area contributed by atoms with Gasteiger partial charge in [0.15, 0.2) is 11.6 Å². The Morgan fingerprint density at radius 2 is 0.970 bits per heavy atom. The van der Waals surface area contributed by atoms with Gasteiger partial charge in [-0.1, -0.05) is 148 Å². The summed E-state index contributed by atoms with van der Waals surface area (Å²) in [6.45, 7) is 7.21. The van der Waals surface area contributed by atoms with Crippen LogP contribution in [0.4, 0.5) is 22.7 Å². The molecule has 0 atom stereocenters. The highest BCUT2D eigenvalue weighted by Gasteiger charge is 2.18. The molecule has 2 N–H and O–H groups in total. The first-order valence-electron chi connectivity index (χ1n) is 21.0. The van der Waals surface area contributed by atoms with Crippen LogP contribution in [-0.2, 0) is 37.0 Å². The van der Waals surface area contributed by atoms with E-state index in [1.54, 1.807) is 48.5 Å². The second-order valence-corrected chi connectivity index (χ2v) is 18.6. The second-order valence-electron chi connectivity index (χ2n) is 15.1. The highest BCUT2D eigenvalue weighted by molar-refractivity contribution is 14.1. The number of alkyl halides is 1. The Bertz CT molecular complexity index is 2890. The van der Waals surface area contributed by atoms with E-state index in [-0.39, 0.29) is 36.3 Å². The fourth-order valence-corrected chi connectivity index (χ4v) is 8.48. The molecule has 0 saturated heterocycles. The summed E-state index contributed by atoms with van der Waals surface area (Å²) < 4.78 is 42.0. The zero-order valence-electron chi connectivity index (χ0n) is 36.7. The molecule has 9 nitrogen and oxygen atoms in total. The average molecular weight is 1060 g/mol. The van der Waals surface area contributed by atoms with Gasteiger partial charge in [-0.2, -0.15) is 8.42 Å². The van der Waals surface area contributed by atoms with E-state index >= 15 is 0 Å². The van der Waals surface area contributed by atoms with Crippen molar-refractivity contribution in [1.29, 1.82) is 0 Å². The topological polar surface area (TPSA) is 120 Å². The van der Waals surface area contributed by atoms with Gasteiger partial charge in [0.05, 0.1) is 48.0 Å². The molecule has 0 saturated carbocycles. The minimum absolute atomic E-state index is 0.0674. The fraction of sp³-hybridized carbons (Fsp3) is 0.170. The average Bonchev–Trinajstić information content (AvgIpc) is 3.30. The van der Waals surface area contributed by atoms with Crippen molar-refractivity contribution in [1.82, 2.24) is 0 Å². The Morgan fingerprint density at radius 1 is 0.530 bits per heavy atom. The molecule has 7 aromatic rings. The second kappa shape index (κ2) is 24.4. The van der Waals surface area contributed by atoms with Gasteiger partial charge in [-0.15, -0.1) is 0 Å². The molecule has 7 aromatic carbocycles. The van der Waals surface area contributed by atoms with E-state index in [1.165, 1.54) is 12.1 Å². The lowest BCUT2D eigenvalue weighted by Crippen LogP contribution is -2.12. The van der Waals surface area contributed by atoms with Gasteiger partial charge in [-0.3, -0.25) is 13.8 Å². The molecule has 0 heterocycles. The van der Waals surface area contributed by atoms with Crippen LogP contribution < -0.4 is 10.6 Å². The third-order valence-electron chi connectivity index (χ3n) is 10.3. The minimum Gasteiger partial charge on any atom is -0.376 e. The maximum atomic E-state index is 13.0. The van der Waals surface area contributed by atoms with Crippen molar-refractivity contribution in [2.24, 2.45) is 0 Å². The molecule has 0 unspecified atom stereocenters. The number of hydrogen-bond donors (Lipinski definition) is 2. The van der Waals surface area contributed by atoms with E-state index in [9.17, 15) is 18.0 Å². The molecule has 0 spiro atoms. The van der Waals surface area contributed by atoms with Gasteiger partial charge in [0.2, 0.25) is 0 Å². The van der Waals surface area contributed by atoms with Crippen molar-refractivity contribution in [3.05, 3.63) is 218 Å². The lowest BCUT2D eigenvalue weighted by atomic mass is 9.99. The van der Waals surface area contributed by atoms with Crippen LogP contribution in [0.25, 0.3) is 0 Å². The number of aryl methyl sites for hydroxylation is 3. The van der Waals surface area contributed by atoms with Crippen LogP contribution in [0.1, 0.15) is 59.7 Å². The lowest BCUT2D eigenvalue weighted by molar-refractivity contribution is 0.0911. The zero-order valence-corrected chi connectivity index (χ0v) is 41.1. The highest BCUT2D eigenvalue weighted by Crippen LogP contribution is 2.30. The summed E-state index contributed by atoms with van der Waals surface area (Å²) >= 11 is 15.2. The van der Waals surface area contributed by atoms with Crippen LogP contribution in [0.5, 0.6) is 0 Å². The molecule has 0 radical (unpaired) electrons. The molecular formula is C53H49Cl2IN2O7S. The normalized spacial score (nSPS) is 11.1. The van der Waals surface area contributed by atoms with Gasteiger partial charge >= 0.3 is 0 Å². The van der Waals surface area contributed by atoms with Crippen LogP contribution >= 0.6 is 45.8 Å². The third kappa shape index (κ3) is 13.8. The number of halogens is 3. The molecule has 0 aromatic heterocycles. The smallest absolute Gasteiger partial charge is 0.297 e. The van der Waals surface area contributed by atoms with E-state index in [1.807, 2.05) is 118 Å². The zero-order chi connectivity index (χ0) is 47.1. The third-order valence-corrected chi connectivity index (χ3v) is 12.7. The molecule has 66 heavy (non-hydrogen) atoms. The van der Waals surface area contributed by atoms with Crippen molar-refractivity contribution in [3.8, 4) is 0 Å². The number of nitrogens with one attached hydrogen (secondary N) is 2. The quantitative estimate of drug-likeness (QED) is 0.0268. The molecule has 0 bridgehead atoms. The standard InChI is InChI=1S/C30H28ClNO5S.C23H21ClINO2/c1-21-11-14-25(15-12-21)38(34,35)37-18-17-36-20-23-8-4-6-10-29(23)32-24-13-16-27(28(31)19-24)30(33)26-9-5-3-7-22(26)2;1-16-6-2-4-8-19(16)23(27)20-11-10-18(14-21(20)24)26-22-9-5-3-7-17(22)15-28-13-12-25/h3-16,19,32H,17-18,20H2,1-2H3;2-11,14,26H,12-13,15H2,1H3. The van der Waals surface area contributed by atoms with Crippen molar-refractivity contribution in [2.75, 3.05) is 34.9 Å². The Labute approximate surface area is 410 Å². The monoisotopic (exact) mass is 1050 g/mol. The first-order chi connectivity index (χ1) is 31.8. The van der Waals surface area contributed by atoms with Gasteiger partial charge in [0.25, 0.3) is 10.1 Å². The Balaban J connectivity index is 0.000000229. The van der Waals surface area contributed by atoms with Crippen LogP contribution in [0.3, 0.4) is 0 Å². The van der Waals surface area contributed by atoms with E-state index in [0.717, 1.165) is 61.6 Å². The number of carbonyl (C=O) groups is 2. The van der Waals surface area contributed by atoms with Gasteiger partial charge in [0.1, 0.15) is 0 Å². The summed E-state index contributed by atoms with van der Waals surface area (Å²) in [5, 5.41) is 7.48. The Morgan fingerprint density at radius 3 is 1.42 bits per heavy atom. The summed E-state index contributed by atoms with van der Waals surface area (Å²) in [7, 11) is -3.83. The molecule has 0 aliphatic rings. The molecule has 7 rings (SSSR count). The highest BCUT2D eigenvalue weighted by atomic mass is 127. The Hall–Kier alpha value is -5.38. The maximum Gasteiger partial charge on any atom is 0.297 e. The van der Waals surface area contributed by atoms with Crippen molar-refractivity contribution in [2.45, 2.75) is 38.9 Å². The number of carbonyl (C=O) groups excluding carboxylic acids is 2. The molecule has 13 heteroatoms. The molecule has 0 amide bonds. The summed E-state index contributed by atoms with van der Waals surface area (Å²) in [4.78, 5) is 25.9. The molecule has 0 fully saturated rings. The molecular weight excluding hydrogens is 1010 g/mol. The number of benzene rings is 7. The number of ether oxygens (including phenoxy) is 2. The van der Waals surface area contributed by atoms with Crippen LogP contribution in [0.15, 0.2) is 163 Å². The molecule has 0 aliphatic carbocycles.